The first-order chi connectivity index (χ1) is 18.7. The van der Waals surface area contributed by atoms with E-state index in [0.717, 1.165) is 17.7 Å². The molecule has 1 aliphatic rings. The number of carbonyl (C=O) groups excluding carboxylic acids is 2. The second kappa shape index (κ2) is 10.6. The lowest BCUT2D eigenvalue weighted by Crippen LogP contribution is -2.32. The van der Waals surface area contributed by atoms with Gasteiger partial charge in [-0.25, -0.2) is 4.68 Å². The van der Waals surface area contributed by atoms with Gasteiger partial charge in [0.25, 0.3) is 0 Å². The van der Waals surface area contributed by atoms with Crippen molar-refractivity contribution in [1.29, 1.82) is 0 Å². The molecule has 0 atom stereocenters. The minimum atomic E-state index is -0.288. The van der Waals surface area contributed by atoms with Gasteiger partial charge in [-0.05, 0) is 93.8 Å². The summed E-state index contributed by atoms with van der Waals surface area (Å²) >= 11 is 0. The fourth-order valence-electron chi connectivity index (χ4n) is 4.36. The molecular weight excluding hydrogens is 494 g/mol. The van der Waals surface area contributed by atoms with Gasteiger partial charge < -0.3 is 14.6 Å². The van der Waals surface area contributed by atoms with Crippen LogP contribution in [0.25, 0.3) is 11.8 Å². The van der Waals surface area contributed by atoms with Crippen molar-refractivity contribution in [2.24, 2.45) is 0 Å². The second-order valence-corrected chi connectivity index (χ2v) is 10.1. The molecule has 3 aromatic carbocycles. The number of phenols is 1. The van der Waals surface area contributed by atoms with Gasteiger partial charge in [-0.15, -0.1) is 5.10 Å². The molecular formula is C31H29N3O5. The van der Waals surface area contributed by atoms with E-state index >= 15 is 0 Å². The van der Waals surface area contributed by atoms with E-state index in [1.807, 2.05) is 50.2 Å². The van der Waals surface area contributed by atoms with Crippen molar-refractivity contribution in [2.45, 2.75) is 45.8 Å². The molecule has 0 bridgehead atoms. The van der Waals surface area contributed by atoms with Crippen molar-refractivity contribution in [3.63, 3.8) is 0 Å². The maximum atomic E-state index is 12.8. The van der Waals surface area contributed by atoms with Crippen LogP contribution >= 0.6 is 0 Å². The fraction of sp³-hybridized carbons (Fsp3) is 0.226. The van der Waals surface area contributed by atoms with Crippen LogP contribution in [0.3, 0.4) is 0 Å². The van der Waals surface area contributed by atoms with Gasteiger partial charge in [0.05, 0.1) is 17.4 Å². The van der Waals surface area contributed by atoms with Crippen molar-refractivity contribution in [3.05, 3.63) is 101 Å². The second-order valence-electron chi connectivity index (χ2n) is 10.1. The number of aromatic hydroxyl groups is 1. The summed E-state index contributed by atoms with van der Waals surface area (Å²) in [4.78, 5) is 24.2. The lowest BCUT2D eigenvalue weighted by atomic mass is 9.91. The predicted molar refractivity (Wildman–Crippen MR) is 147 cm³/mol. The number of allylic oxidation sites excluding steroid dienone is 1. The number of ketones is 2. The van der Waals surface area contributed by atoms with E-state index in [1.165, 1.54) is 13.0 Å². The van der Waals surface area contributed by atoms with Crippen molar-refractivity contribution >= 4 is 17.6 Å². The number of hydrogen-bond acceptors (Lipinski definition) is 7. The van der Waals surface area contributed by atoms with E-state index in [0.29, 0.717) is 34.7 Å². The third kappa shape index (κ3) is 5.90. The van der Waals surface area contributed by atoms with E-state index in [-0.39, 0.29) is 35.1 Å². The molecule has 0 saturated carbocycles. The van der Waals surface area contributed by atoms with Crippen LogP contribution < -0.4 is 9.47 Å². The van der Waals surface area contributed by atoms with Crippen molar-refractivity contribution < 1.29 is 24.2 Å². The summed E-state index contributed by atoms with van der Waals surface area (Å²) in [6.45, 7) is 5.78. The number of rotatable bonds is 8. The zero-order valence-electron chi connectivity index (χ0n) is 22.0. The normalized spacial score (nSPS) is 14.0. The maximum Gasteiger partial charge on any atom is 0.189 e. The number of benzene rings is 3. The number of aromatic nitrogens is 3. The fourth-order valence-corrected chi connectivity index (χ4v) is 4.36. The lowest BCUT2D eigenvalue weighted by molar-refractivity contribution is 0.0835. The Bertz CT molecular complexity index is 1550. The predicted octanol–water partition coefficient (Wildman–Crippen LogP) is 5.75. The molecule has 198 valence electrons. The molecule has 1 N–H and O–H groups in total. The van der Waals surface area contributed by atoms with Crippen molar-refractivity contribution in [3.8, 4) is 22.9 Å². The van der Waals surface area contributed by atoms with Gasteiger partial charge in [0.15, 0.2) is 11.6 Å². The zero-order chi connectivity index (χ0) is 27.6. The van der Waals surface area contributed by atoms with Gasteiger partial charge in [-0.3, -0.25) is 9.59 Å². The largest absolute Gasteiger partial charge is 0.507 e. The number of hydrogen-bond donors (Lipinski definition) is 1. The van der Waals surface area contributed by atoms with Crippen molar-refractivity contribution in [1.82, 2.24) is 15.0 Å². The van der Waals surface area contributed by atoms with E-state index in [9.17, 15) is 14.7 Å². The van der Waals surface area contributed by atoms with Gasteiger partial charge >= 0.3 is 0 Å². The molecule has 2 heterocycles. The molecule has 0 saturated heterocycles. The molecule has 8 heteroatoms. The molecule has 0 amide bonds. The average molecular weight is 524 g/mol. The number of nitrogens with zero attached hydrogens (tertiary/aromatic N) is 3. The highest BCUT2D eigenvalue weighted by molar-refractivity contribution is 6.09. The monoisotopic (exact) mass is 523 g/mol. The highest BCUT2D eigenvalue weighted by Crippen LogP contribution is 2.40. The number of Topliss-reactive ketones (excluding diaryl/α,β-unsaturated/α-hetero) is 1. The Morgan fingerprint density at radius 1 is 1.08 bits per heavy atom. The first-order valence-electron chi connectivity index (χ1n) is 12.7. The Labute approximate surface area is 226 Å². The molecule has 0 radical (unpaired) electrons. The van der Waals surface area contributed by atoms with Crippen LogP contribution in [0.4, 0.5) is 0 Å². The number of fused-ring (bicyclic) bond motifs is 1. The van der Waals surface area contributed by atoms with E-state index in [1.54, 1.807) is 41.2 Å². The van der Waals surface area contributed by atoms with Gasteiger partial charge in [0, 0.05) is 11.1 Å². The molecule has 1 aromatic heterocycles. The minimum Gasteiger partial charge on any atom is -0.507 e. The Balaban J connectivity index is 1.18. The number of carbonyl (C=O) groups is 2. The summed E-state index contributed by atoms with van der Waals surface area (Å²) in [5, 5.41) is 19.0. The van der Waals surface area contributed by atoms with Gasteiger partial charge in [-0.1, -0.05) is 23.4 Å². The summed E-state index contributed by atoms with van der Waals surface area (Å²) in [5.74, 6) is 1.00. The molecule has 1 aliphatic heterocycles. The summed E-state index contributed by atoms with van der Waals surface area (Å²) in [5.41, 5.74) is 3.56. The first kappa shape index (κ1) is 25.9. The Morgan fingerprint density at radius 3 is 2.54 bits per heavy atom. The van der Waals surface area contributed by atoms with Crippen LogP contribution in [0.5, 0.6) is 17.2 Å². The van der Waals surface area contributed by atoms with Crippen LogP contribution in [0.1, 0.15) is 64.7 Å². The molecule has 8 nitrogen and oxygen atoms in total. The topological polar surface area (TPSA) is 104 Å². The average Bonchev–Trinajstić information content (AvgIpc) is 3.40. The van der Waals surface area contributed by atoms with Crippen LogP contribution in [0.2, 0.25) is 0 Å². The van der Waals surface area contributed by atoms with Crippen molar-refractivity contribution in [2.75, 3.05) is 0 Å². The van der Waals surface area contributed by atoms with Crippen LogP contribution in [0, 0.1) is 0 Å². The molecule has 0 unspecified atom stereocenters. The molecule has 4 aromatic rings. The zero-order valence-corrected chi connectivity index (χ0v) is 22.0. The molecule has 0 aliphatic carbocycles. The van der Waals surface area contributed by atoms with Gasteiger partial charge in [0.2, 0.25) is 0 Å². The highest BCUT2D eigenvalue weighted by atomic mass is 16.5. The Hall–Kier alpha value is -4.72. The summed E-state index contributed by atoms with van der Waals surface area (Å²) in [7, 11) is 0. The van der Waals surface area contributed by atoms with E-state index in [4.69, 9.17) is 9.47 Å². The minimum absolute atomic E-state index is 0.00796. The van der Waals surface area contributed by atoms with E-state index < -0.39 is 0 Å². The molecule has 39 heavy (non-hydrogen) atoms. The van der Waals surface area contributed by atoms with Gasteiger partial charge in [-0.2, -0.15) is 0 Å². The highest BCUT2D eigenvalue weighted by Gasteiger charge is 2.29. The quantitative estimate of drug-likeness (QED) is 0.232. The van der Waals surface area contributed by atoms with Crippen LogP contribution in [0.15, 0.2) is 72.9 Å². The third-order valence-electron chi connectivity index (χ3n) is 6.64. The Morgan fingerprint density at radius 2 is 1.82 bits per heavy atom. The molecule has 0 fully saturated rings. The lowest BCUT2D eigenvalue weighted by Gasteiger charge is -2.33. The standard InChI is InChI=1S/C31H29N3O5/c1-20(35)22-7-9-24(10-8-22)34-18-23(32-33-34)19-38-25-11-4-21(5-12-25)6-14-28(36)26-13-15-29-27(30(26)37)16-17-31(2,3)39-29/h4-15,18,37H,16-17,19H2,1-3H3/b14-6+. The Kier molecular flexibility index (Phi) is 7.02. The summed E-state index contributed by atoms with van der Waals surface area (Å²) in [6, 6.07) is 17.8. The maximum absolute atomic E-state index is 12.8. The molecule has 0 spiro atoms. The number of phenolic OH excluding ortho intramolecular Hbond substituents is 1. The van der Waals surface area contributed by atoms with E-state index in [2.05, 4.69) is 10.3 Å². The number of ether oxygens (including phenoxy) is 2. The third-order valence-corrected chi connectivity index (χ3v) is 6.64. The SMILES string of the molecule is CC(=O)c1ccc(-n2cc(COc3ccc(/C=C/C(=O)c4ccc5c(c4O)CCC(C)(C)O5)cc3)nn2)cc1. The summed E-state index contributed by atoms with van der Waals surface area (Å²) in [6.07, 6.45) is 6.35. The first-order valence-corrected chi connectivity index (χ1v) is 12.7. The smallest absolute Gasteiger partial charge is 0.189 e. The van der Waals surface area contributed by atoms with Crippen LogP contribution in [-0.2, 0) is 13.0 Å². The van der Waals surface area contributed by atoms with Crippen LogP contribution in [-0.4, -0.2) is 37.3 Å². The summed E-state index contributed by atoms with van der Waals surface area (Å²) < 4.78 is 13.4. The molecule has 5 rings (SSSR count). The van der Waals surface area contributed by atoms with Gasteiger partial charge in [0.1, 0.15) is 35.2 Å².